The Morgan fingerprint density at radius 3 is 1.37 bits per heavy atom. The Balaban J connectivity index is 1.20. The minimum Gasteiger partial charge on any atom is -0.374 e. The summed E-state index contributed by atoms with van der Waals surface area (Å²) < 4.78 is 0. The van der Waals surface area contributed by atoms with Gasteiger partial charge in [0.1, 0.15) is 6.04 Å². The van der Waals surface area contributed by atoms with Crippen molar-refractivity contribution in [3.05, 3.63) is 129 Å². The minimum absolute atomic E-state index is 0.212. The van der Waals surface area contributed by atoms with Crippen LogP contribution in [-0.4, -0.2) is 35.1 Å². The monoisotopic (exact) mass is 500 g/mol. The number of amides is 1. The Hall–Kier alpha value is -5.17. The molecule has 6 rings (SSSR count). The maximum atomic E-state index is 13.0. The fraction of sp³-hybridized carbons (Fsp3) is 0.0645. The fourth-order valence-corrected chi connectivity index (χ4v) is 4.93. The third-order valence-electron chi connectivity index (χ3n) is 6.89. The molecule has 0 fully saturated rings. The van der Waals surface area contributed by atoms with Crippen LogP contribution in [-0.2, 0) is 4.79 Å². The van der Waals surface area contributed by atoms with E-state index in [0.717, 1.165) is 0 Å². The number of hydrogen-bond acceptors (Lipinski definition) is 6. The van der Waals surface area contributed by atoms with Crippen molar-refractivity contribution in [3.8, 4) is 0 Å². The first-order valence-electron chi connectivity index (χ1n) is 12.1. The Bertz CT molecular complexity index is 1740. The van der Waals surface area contributed by atoms with Crippen LogP contribution >= 0.6 is 0 Å². The average Bonchev–Trinajstić information content (AvgIpc) is 2.94. The molecule has 2 aliphatic carbocycles. The maximum Gasteiger partial charge on any atom is 0.246 e. The SMILES string of the molecule is CC(Nc1ccc2c(c1)C(=O)c1ccccc1C2=O)C(=O)Nc1ccc2c(c1)C(=O)c1ccccc1C2=O. The summed E-state index contributed by atoms with van der Waals surface area (Å²) in [6.07, 6.45) is 0. The van der Waals surface area contributed by atoms with Crippen molar-refractivity contribution in [3.63, 3.8) is 0 Å². The first kappa shape index (κ1) is 23.2. The molecule has 1 amide bonds. The molecular weight excluding hydrogens is 480 g/mol. The number of rotatable bonds is 4. The van der Waals surface area contributed by atoms with Crippen LogP contribution in [0.5, 0.6) is 0 Å². The lowest BCUT2D eigenvalue weighted by Crippen LogP contribution is -2.32. The van der Waals surface area contributed by atoms with Crippen LogP contribution in [0.2, 0.25) is 0 Å². The van der Waals surface area contributed by atoms with Crippen LogP contribution in [0, 0.1) is 0 Å². The van der Waals surface area contributed by atoms with Crippen LogP contribution in [0.25, 0.3) is 0 Å². The predicted octanol–water partition coefficient (Wildman–Crippen LogP) is 4.68. The normalized spacial score (nSPS) is 14.1. The molecule has 0 saturated carbocycles. The highest BCUT2D eigenvalue weighted by Crippen LogP contribution is 2.31. The van der Waals surface area contributed by atoms with Crippen LogP contribution < -0.4 is 10.6 Å². The van der Waals surface area contributed by atoms with Crippen LogP contribution in [0.15, 0.2) is 84.9 Å². The number of carbonyl (C=O) groups excluding carboxylic acids is 5. The molecule has 0 aliphatic heterocycles. The van der Waals surface area contributed by atoms with Crippen LogP contribution in [0.1, 0.15) is 70.6 Å². The van der Waals surface area contributed by atoms with Gasteiger partial charge in [0, 0.05) is 55.9 Å². The molecule has 4 aromatic carbocycles. The lowest BCUT2D eigenvalue weighted by Gasteiger charge is -2.21. The molecule has 2 aliphatic rings. The Morgan fingerprint density at radius 1 is 0.526 bits per heavy atom. The third kappa shape index (κ3) is 3.64. The molecule has 4 aromatic rings. The Morgan fingerprint density at radius 2 is 0.895 bits per heavy atom. The molecule has 38 heavy (non-hydrogen) atoms. The summed E-state index contributed by atoms with van der Waals surface area (Å²) in [5.74, 6) is -1.34. The Kier molecular flexibility index (Phi) is 5.35. The van der Waals surface area contributed by atoms with Gasteiger partial charge < -0.3 is 10.6 Å². The topological polar surface area (TPSA) is 109 Å². The molecular formula is C31H20N2O5. The highest BCUT2D eigenvalue weighted by atomic mass is 16.2. The number of benzene rings is 4. The smallest absolute Gasteiger partial charge is 0.246 e. The second-order valence-electron chi connectivity index (χ2n) is 9.28. The summed E-state index contributed by atoms with van der Waals surface area (Å²) in [7, 11) is 0. The van der Waals surface area contributed by atoms with Crippen molar-refractivity contribution in [2.45, 2.75) is 13.0 Å². The zero-order valence-corrected chi connectivity index (χ0v) is 20.2. The van der Waals surface area contributed by atoms with Crippen molar-refractivity contribution in [2.75, 3.05) is 10.6 Å². The van der Waals surface area contributed by atoms with E-state index >= 15 is 0 Å². The number of ketones is 4. The van der Waals surface area contributed by atoms with Gasteiger partial charge in [0.25, 0.3) is 0 Å². The number of anilines is 2. The van der Waals surface area contributed by atoms with Crippen molar-refractivity contribution >= 4 is 40.4 Å². The third-order valence-corrected chi connectivity index (χ3v) is 6.89. The van der Waals surface area contributed by atoms with Gasteiger partial charge in [0.05, 0.1) is 0 Å². The summed E-state index contributed by atoms with van der Waals surface area (Å²) in [4.78, 5) is 64.6. The lowest BCUT2D eigenvalue weighted by molar-refractivity contribution is -0.116. The van der Waals surface area contributed by atoms with Gasteiger partial charge in [-0.25, -0.2) is 0 Å². The van der Waals surface area contributed by atoms with Gasteiger partial charge in [-0.3, -0.25) is 24.0 Å². The van der Waals surface area contributed by atoms with Crippen LogP contribution in [0.3, 0.4) is 0 Å². The highest BCUT2D eigenvalue weighted by Gasteiger charge is 2.31. The molecule has 7 nitrogen and oxygen atoms in total. The van der Waals surface area contributed by atoms with Crippen molar-refractivity contribution in [2.24, 2.45) is 0 Å². The number of carbonyl (C=O) groups is 5. The molecule has 0 aromatic heterocycles. The average molecular weight is 501 g/mol. The molecule has 1 atom stereocenters. The first-order valence-corrected chi connectivity index (χ1v) is 12.1. The molecule has 0 saturated heterocycles. The number of nitrogens with one attached hydrogen (secondary N) is 2. The van der Waals surface area contributed by atoms with Crippen molar-refractivity contribution in [1.82, 2.24) is 0 Å². The van der Waals surface area contributed by atoms with E-state index < -0.39 is 6.04 Å². The van der Waals surface area contributed by atoms with Gasteiger partial charge in [-0.05, 0) is 43.3 Å². The standard InChI is InChI=1S/C31H20N2O5/c1-16(32-17-10-12-23-25(14-17)29(36)21-8-4-2-6-19(21)27(23)34)31(38)33-18-11-13-24-26(15-18)30(37)22-9-5-3-7-20(22)28(24)35/h2-16,32H,1H3,(H,33,38). The van der Waals surface area contributed by atoms with Gasteiger partial charge in [-0.15, -0.1) is 0 Å². The molecule has 184 valence electrons. The van der Waals surface area contributed by atoms with Crippen LogP contribution in [0.4, 0.5) is 11.4 Å². The Labute approximate surface area is 217 Å². The molecule has 7 heteroatoms. The van der Waals surface area contributed by atoms with E-state index in [-0.39, 0.29) is 40.2 Å². The van der Waals surface area contributed by atoms with E-state index in [1.165, 1.54) is 6.07 Å². The van der Waals surface area contributed by atoms with Gasteiger partial charge in [0.15, 0.2) is 23.1 Å². The maximum absolute atomic E-state index is 13.0. The predicted molar refractivity (Wildman–Crippen MR) is 141 cm³/mol. The zero-order chi connectivity index (χ0) is 26.6. The van der Waals surface area contributed by atoms with Gasteiger partial charge >= 0.3 is 0 Å². The van der Waals surface area contributed by atoms with Crippen molar-refractivity contribution in [1.29, 1.82) is 0 Å². The minimum atomic E-state index is -0.719. The van der Waals surface area contributed by atoms with E-state index in [0.29, 0.717) is 44.8 Å². The quantitative estimate of drug-likeness (QED) is 0.364. The molecule has 1 unspecified atom stereocenters. The molecule has 0 radical (unpaired) electrons. The van der Waals surface area contributed by atoms with E-state index in [1.807, 2.05) is 0 Å². The fourth-order valence-electron chi connectivity index (χ4n) is 4.93. The molecule has 0 heterocycles. The van der Waals surface area contributed by atoms with Gasteiger partial charge in [0.2, 0.25) is 5.91 Å². The van der Waals surface area contributed by atoms with Crippen molar-refractivity contribution < 1.29 is 24.0 Å². The first-order chi connectivity index (χ1) is 18.3. The van der Waals surface area contributed by atoms with Gasteiger partial charge in [-0.1, -0.05) is 48.5 Å². The summed E-state index contributed by atoms with van der Waals surface area (Å²) in [6.45, 7) is 1.65. The largest absolute Gasteiger partial charge is 0.374 e. The molecule has 0 bridgehead atoms. The summed E-state index contributed by atoms with van der Waals surface area (Å²) in [5, 5.41) is 5.84. The van der Waals surface area contributed by atoms with Gasteiger partial charge in [-0.2, -0.15) is 0 Å². The van der Waals surface area contributed by atoms with E-state index in [4.69, 9.17) is 0 Å². The van der Waals surface area contributed by atoms with E-state index in [9.17, 15) is 24.0 Å². The number of hydrogen-bond donors (Lipinski definition) is 2. The van der Waals surface area contributed by atoms with E-state index in [2.05, 4.69) is 10.6 Å². The zero-order valence-electron chi connectivity index (χ0n) is 20.2. The second kappa shape index (κ2) is 8.74. The molecule has 2 N–H and O–H groups in total. The highest BCUT2D eigenvalue weighted by molar-refractivity contribution is 6.29. The summed E-state index contributed by atoms with van der Waals surface area (Å²) in [5.41, 5.74) is 3.48. The van der Waals surface area contributed by atoms with E-state index in [1.54, 1.807) is 85.8 Å². The summed E-state index contributed by atoms with van der Waals surface area (Å²) >= 11 is 0. The number of fused-ring (bicyclic) bond motifs is 4. The second-order valence-corrected chi connectivity index (χ2v) is 9.28. The lowest BCUT2D eigenvalue weighted by atomic mass is 9.84. The summed E-state index contributed by atoms with van der Waals surface area (Å²) in [6, 6.07) is 22.1. The molecule has 0 spiro atoms.